The number of hydrogen-bond donors (Lipinski definition) is 3. The molecule has 12 heteroatoms. The average Bonchev–Trinajstić information content (AvgIpc) is 3.53. The maximum atomic E-state index is 12.9. The number of β-amino-alcohol motifs (C(OH)–C–C–N with tert-alkyl or cyclic N) is 1. The molecule has 43 heavy (non-hydrogen) atoms. The molecule has 0 unspecified atom stereocenters. The topological polar surface area (TPSA) is 133 Å². The second-order valence-electron chi connectivity index (χ2n) is 11.4. The van der Waals surface area contributed by atoms with E-state index in [1.54, 1.807) is 24.5 Å². The minimum Gasteiger partial charge on any atom is -0.484 e. The quantitative estimate of drug-likeness (QED) is 0.298. The molecule has 1 fully saturated rings. The van der Waals surface area contributed by atoms with Gasteiger partial charge in [-0.3, -0.25) is 14.5 Å². The number of carbonyl (C=O) groups excluding carboxylic acids is 2. The summed E-state index contributed by atoms with van der Waals surface area (Å²) in [5.41, 5.74) is 2.61. The molecule has 1 atom stereocenters. The highest BCUT2D eigenvalue weighted by Crippen LogP contribution is 2.34. The van der Waals surface area contributed by atoms with E-state index < -0.39 is 6.10 Å². The summed E-state index contributed by atoms with van der Waals surface area (Å²) in [6.07, 6.45) is 6.22. The summed E-state index contributed by atoms with van der Waals surface area (Å²) in [6.45, 7) is 7.44. The summed E-state index contributed by atoms with van der Waals surface area (Å²) in [5.74, 6) is 1.77. The molecule has 0 radical (unpaired) electrons. The number of nitrogens with one attached hydrogen (secondary N) is 2. The SMILES string of the molecule is CC(C)C(=O)N1CCC(Nc2cc(C(=O)NC[C@H](O)CN3CCc4c(ccc(OCc5cnco5)c4Cl)C3)ccn2)CC1. The smallest absolute Gasteiger partial charge is 0.251 e. The highest BCUT2D eigenvalue weighted by Gasteiger charge is 2.25. The molecule has 230 valence electrons. The van der Waals surface area contributed by atoms with E-state index in [1.165, 1.54) is 6.39 Å². The van der Waals surface area contributed by atoms with Gasteiger partial charge in [-0.05, 0) is 48.6 Å². The molecule has 0 spiro atoms. The van der Waals surface area contributed by atoms with Gasteiger partial charge in [-0.15, -0.1) is 0 Å². The molecule has 0 bridgehead atoms. The number of likely N-dealkylation sites (tertiary alicyclic amines) is 1. The largest absolute Gasteiger partial charge is 0.484 e. The van der Waals surface area contributed by atoms with Crippen molar-refractivity contribution in [2.24, 2.45) is 5.92 Å². The van der Waals surface area contributed by atoms with Crippen LogP contribution in [0.25, 0.3) is 0 Å². The summed E-state index contributed by atoms with van der Waals surface area (Å²) >= 11 is 6.65. The number of aromatic nitrogens is 2. The molecule has 3 N–H and O–H groups in total. The van der Waals surface area contributed by atoms with Gasteiger partial charge in [0.05, 0.1) is 17.3 Å². The molecule has 2 aliphatic heterocycles. The fourth-order valence-electron chi connectivity index (χ4n) is 5.52. The van der Waals surface area contributed by atoms with Crippen LogP contribution in [0.2, 0.25) is 5.02 Å². The van der Waals surface area contributed by atoms with Crippen molar-refractivity contribution < 1.29 is 23.8 Å². The van der Waals surface area contributed by atoms with E-state index in [2.05, 4.69) is 25.5 Å². The van der Waals surface area contributed by atoms with Gasteiger partial charge >= 0.3 is 0 Å². The first kappa shape index (κ1) is 30.8. The molecule has 1 aromatic carbocycles. The number of halogens is 1. The van der Waals surface area contributed by atoms with Gasteiger partial charge in [0.1, 0.15) is 18.2 Å². The first-order chi connectivity index (χ1) is 20.8. The number of rotatable bonds is 11. The predicted molar refractivity (Wildman–Crippen MR) is 162 cm³/mol. The van der Waals surface area contributed by atoms with Crippen molar-refractivity contribution >= 4 is 29.2 Å². The summed E-state index contributed by atoms with van der Waals surface area (Å²) in [6, 6.07) is 7.42. The van der Waals surface area contributed by atoms with Crippen molar-refractivity contribution in [2.75, 3.05) is 38.0 Å². The minimum atomic E-state index is -0.733. The van der Waals surface area contributed by atoms with Crippen LogP contribution in [0.4, 0.5) is 5.82 Å². The van der Waals surface area contributed by atoms with E-state index >= 15 is 0 Å². The third-order valence-electron chi connectivity index (χ3n) is 7.87. The zero-order valence-corrected chi connectivity index (χ0v) is 25.3. The van der Waals surface area contributed by atoms with Gasteiger partial charge < -0.3 is 29.8 Å². The van der Waals surface area contributed by atoms with Gasteiger partial charge in [0.25, 0.3) is 5.91 Å². The molecular formula is C31H39ClN6O5. The lowest BCUT2D eigenvalue weighted by Crippen LogP contribution is -2.44. The van der Waals surface area contributed by atoms with Crippen LogP contribution < -0.4 is 15.4 Å². The van der Waals surface area contributed by atoms with Crippen molar-refractivity contribution in [1.29, 1.82) is 0 Å². The highest BCUT2D eigenvalue weighted by atomic mass is 35.5. The Morgan fingerprint density at radius 2 is 2.02 bits per heavy atom. The summed E-state index contributed by atoms with van der Waals surface area (Å²) in [7, 11) is 0. The number of anilines is 1. The number of benzene rings is 1. The Hall–Kier alpha value is -3.67. The normalized spacial score (nSPS) is 16.5. The van der Waals surface area contributed by atoms with Crippen LogP contribution in [0.5, 0.6) is 5.75 Å². The zero-order valence-electron chi connectivity index (χ0n) is 24.6. The van der Waals surface area contributed by atoms with E-state index in [-0.39, 0.29) is 36.9 Å². The maximum absolute atomic E-state index is 12.9. The molecule has 1 saturated heterocycles. The third-order valence-corrected chi connectivity index (χ3v) is 8.29. The summed E-state index contributed by atoms with van der Waals surface area (Å²) in [4.78, 5) is 37.4. The molecule has 2 amide bonds. The first-order valence-corrected chi connectivity index (χ1v) is 15.1. The van der Waals surface area contributed by atoms with E-state index in [4.69, 9.17) is 20.8 Å². The Balaban J connectivity index is 1.06. The van der Waals surface area contributed by atoms with Crippen LogP contribution in [-0.4, -0.2) is 81.6 Å². The fourth-order valence-corrected chi connectivity index (χ4v) is 5.86. The Morgan fingerprint density at radius 3 is 2.77 bits per heavy atom. The molecular weight excluding hydrogens is 572 g/mol. The Labute approximate surface area is 256 Å². The Kier molecular flexibility index (Phi) is 10.2. The van der Waals surface area contributed by atoms with Crippen LogP contribution in [0.15, 0.2) is 47.5 Å². The number of pyridine rings is 1. The monoisotopic (exact) mass is 610 g/mol. The fraction of sp³-hybridized carbons (Fsp3) is 0.484. The van der Waals surface area contributed by atoms with Gasteiger partial charge in [0.2, 0.25) is 5.91 Å². The molecule has 4 heterocycles. The highest BCUT2D eigenvalue weighted by molar-refractivity contribution is 6.33. The molecule has 2 aliphatic rings. The van der Waals surface area contributed by atoms with Gasteiger partial charge in [-0.25, -0.2) is 9.97 Å². The van der Waals surface area contributed by atoms with Crippen molar-refractivity contribution in [3.63, 3.8) is 0 Å². The number of carbonyl (C=O) groups is 2. The number of piperidine rings is 1. The third kappa shape index (κ3) is 8.04. The average molecular weight is 611 g/mol. The van der Waals surface area contributed by atoms with Crippen molar-refractivity contribution in [3.05, 3.63) is 70.5 Å². The van der Waals surface area contributed by atoms with E-state index in [9.17, 15) is 14.7 Å². The molecule has 11 nitrogen and oxygen atoms in total. The van der Waals surface area contributed by atoms with E-state index in [0.717, 1.165) is 36.9 Å². The maximum Gasteiger partial charge on any atom is 0.251 e. The van der Waals surface area contributed by atoms with Gasteiger partial charge in [0, 0.05) is 63.0 Å². The first-order valence-electron chi connectivity index (χ1n) is 14.8. The molecule has 5 rings (SSSR count). The minimum absolute atomic E-state index is 0.00181. The van der Waals surface area contributed by atoms with Crippen molar-refractivity contribution in [2.45, 2.75) is 58.4 Å². The van der Waals surface area contributed by atoms with E-state index in [0.29, 0.717) is 54.1 Å². The predicted octanol–water partition coefficient (Wildman–Crippen LogP) is 3.51. The van der Waals surface area contributed by atoms with Crippen molar-refractivity contribution in [1.82, 2.24) is 25.1 Å². The number of oxazole rings is 1. The number of hydrogen-bond acceptors (Lipinski definition) is 9. The van der Waals surface area contributed by atoms with Crippen LogP contribution in [-0.2, 0) is 24.4 Å². The van der Waals surface area contributed by atoms with Crippen LogP contribution >= 0.6 is 11.6 Å². The lowest BCUT2D eigenvalue weighted by atomic mass is 9.99. The van der Waals surface area contributed by atoms with Gasteiger partial charge in [-0.1, -0.05) is 31.5 Å². The molecule has 0 aliphatic carbocycles. The van der Waals surface area contributed by atoms with Crippen LogP contribution in [0.1, 0.15) is 53.9 Å². The standard InChI is InChI=1S/C31H39ClN6O5/c1-20(2)31(41)38-11-6-23(7-12-38)36-28-13-21(5-9-34-28)30(40)35-14-24(39)17-37-10-8-26-22(16-37)3-4-27(29(26)32)42-18-25-15-33-19-43-25/h3-5,9,13,15,19-20,23-24,39H,6-8,10-12,14,16-18H2,1-2H3,(H,34,36)(H,35,40)/t24-/m0/s1. The Morgan fingerprint density at radius 1 is 1.21 bits per heavy atom. The molecule has 3 aromatic rings. The van der Waals surface area contributed by atoms with Gasteiger partial charge in [-0.2, -0.15) is 0 Å². The number of ether oxygens (including phenoxy) is 1. The van der Waals surface area contributed by atoms with Crippen molar-refractivity contribution in [3.8, 4) is 5.75 Å². The molecule has 2 aromatic heterocycles. The second kappa shape index (κ2) is 14.2. The van der Waals surface area contributed by atoms with Gasteiger partial charge in [0.15, 0.2) is 12.2 Å². The summed E-state index contributed by atoms with van der Waals surface area (Å²) < 4.78 is 11.0. The Bertz CT molecular complexity index is 1390. The van der Waals surface area contributed by atoms with Crippen LogP contribution in [0.3, 0.4) is 0 Å². The number of aliphatic hydroxyl groups excluding tert-OH is 1. The number of fused-ring (bicyclic) bond motifs is 1. The summed E-state index contributed by atoms with van der Waals surface area (Å²) in [5, 5.41) is 17.5. The second-order valence-corrected chi connectivity index (χ2v) is 11.8. The number of nitrogens with zero attached hydrogens (tertiary/aromatic N) is 4. The number of amides is 2. The number of aliphatic hydroxyl groups is 1. The lowest BCUT2D eigenvalue weighted by Gasteiger charge is -2.33. The lowest BCUT2D eigenvalue weighted by molar-refractivity contribution is -0.135. The van der Waals surface area contributed by atoms with Crippen LogP contribution in [0, 0.1) is 5.92 Å². The van der Waals surface area contributed by atoms with E-state index in [1.807, 2.05) is 30.9 Å². The zero-order chi connectivity index (χ0) is 30.3. The molecule has 0 saturated carbocycles.